The van der Waals surface area contributed by atoms with Crippen LogP contribution >= 0.6 is 11.3 Å². The zero-order valence-corrected chi connectivity index (χ0v) is 23.1. The van der Waals surface area contributed by atoms with Crippen molar-refractivity contribution in [2.75, 3.05) is 44.3 Å². The molecule has 1 aliphatic heterocycles. The molecular formula is C27H35N3O4S2. The van der Waals surface area contributed by atoms with Crippen LogP contribution in [0.4, 0.5) is 5.13 Å². The van der Waals surface area contributed by atoms with Gasteiger partial charge >= 0.3 is 0 Å². The number of carbonyl (C=O) groups is 1. The number of anilines is 1. The third-order valence-electron chi connectivity index (χ3n) is 6.71. The Morgan fingerprint density at radius 2 is 1.78 bits per heavy atom. The molecule has 2 aromatic carbocycles. The van der Waals surface area contributed by atoms with E-state index < -0.39 is 15.1 Å². The molecule has 9 heteroatoms. The molecule has 0 N–H and O–H groups in total. The summed E-state index contributed by atoms with van der Waals surface area (Å²) < 4.78 is 31.4. The first-order chi connectivity index (χ1) is 17.1. The third-order valence-corrected chi connectivity index (χ3v) is 9.92. The average molecular weight is 530 g/mol. The van der Waals surface area contributed by atoms with Crippen LogP contribution in [0.1, 0.15) is 37.0 Å². The van der Waals surface area contributed by atoms with E-state index in [0.717, 1.165) is 55.0 Å². The quantitative estimate of drug-likeness (QED) is 0.409. The van der Waals surface area contributed by atoms with Crippen LogP contribution in [0, 0.1) is 13.8 Å². The maximum atomic E-state index is 13.5. The highest BCUT2D eigenvalue weighted by molar-refractivity contribution is 7.92. The minimum absolute atomic E-state index is 0.0380. The summed E-state index contributed by atoms with van der Waals surface area (Å²) in [7, 11) is -3.34. The lowest BCUT2D eigenvalue weighted by Gasteiger charge is -2.27. The van der Waals surface area contributed by atoms with Crippen molar-refractivity contribution in [2.45, 2.75) is 50.7 Å². The Labute approximate surface area is 218 Å². The molecule has 4 rings (SSSR count). The normalized spacial score (nSPS) is 15.0. The molecule has 1 saturated heterocycles. The minimum atomic E-state index is -3.34. The number of amides is 1. The average Bonchev–Trinajstić information content (AvgIpc) is 3.25. The molecule has 1 fully saturated rings. The lowest BCUT2D eigenvalue weighted by molar-refractivity contribution is -0.118. The van der Waals surface area contributed by atoms with Crippen molar-refractivity contribution in [3.05, 3.63) is 53.1 Å². The molecule has 1 amide bonds. The molecule has 2 heterocycles. The number of aryl methyl sites for hydroxylation is 2. The molecule has 36 heavy (non-hydrogen) atoms. The number of aromatic nitrogens is 1. The molecular weight excluding hydrogens is 494 g/mol. The fourth-order valence-electron chi connectivity index (χ4n) is 4.23. The Balaban J connectivity index is 1.53. The molecule has 1 aliphatic rings. The molecule has 0 atom stereocenters. The lowest BCUT2D eigenvalue weighted by Crippen LogP contribution is -2.39. The molecule has 0 spiro atoms. The Morgan fingerprint density at radius 1 is 1.11 bits per heavy atom. The van der Waals surface area contributed by atoms with Crippen LogP contribution in [0.5, 0.6) is 0 Å². The fraction of sp³-hybridized carbons (Fsp3) is 0.481. The summed E-state index contributed by atoms with van der Waals surface area (Å²) in [6.45, 7) is 12.3. The number of hydrogen-bond donors (Lipinski definition) is 0. The standard InChI is InChI=1S/C27H35N3O4S2/c1-19(2)36(32,33)23-8-6-22(7-9-23)18-26(31)30(11-5-10-29-12-14-34-15-13-29)27-28-24-16-20(3)21(4)17-25(24)35-27/h6-9,16-17,19H,5,10-15,18H2,1-4H3. The van der Waals surface area contributed by atoms with Gasteiger partial charge in [-0.15, -0.1) is 0 Å². The van der Waals surface area contributed by atoms with Gasteiger partial charge in [-0.25, -0.2) is 13.4 Å². The zero-order chi connectivity index (χ0) is 25.9. The summed E-state index contributed by atoms with van der Waals surface area (Å²) in [6.07, 6.45) is 1.03. The number of benzene rings is 2. The van der Waals surface area contributed by atoms with Crippen molar-refractivity contribution in [2.24, 2.45) is 0 Å². The Hall–Kier alpha value is -2.33. The highest BCUT2D eigenvalue weighted by Crippen LogP contribution is 2.31. The Kier molecular flexibility index (Phi) is 8.44. The number of morpholine rings is 1. The summed E-state index contributed by atoms with van der Waals surface area (Å²) in [4.78, 5) is 22.8. The SMILES string of the molecule is Cc1cc2nc(N(CCCN3CCOCC3)C(=O)Cc3ccc(S(=O)(=O)C(C)C)cc3)sc2cc1C. The van der Waals surface area contributed by atoms with E-state index in [0.29, 0.717) is 11.7 Å². The first-order valence-electron chi connectivity index (χ1n) is 12.5. The van der Waals surface area contributed by atoms with Gasteiger partial charge in [-0.1, -0.05) is 23.5 Å². The van der Waals surface area contributed by atoms with Gasteiger partial charge in [0.1, 0.15) is 0 Å². The first kappa shape index (κ1) is 26.7. The predicted molar refractivity (Wildman–Crippen MR) is 146 cm³/mol. The third kappa shape index (κ3) is 6.14. The fourth-order valence-corrected chi connectivity index (χ4v) is 6.38. The van der Waals surface area contributed by atoms with Crippen molar-refractivity contribution in [3.8, 4) is 0 Å². The predicted octanol–water partition coefficient (Wildman–Crippen LogP) is 4.39. The van der Waals surface area contributed by atoms with Crippen LogP contribution in [0.25, 0.3) is 10.2 Å². The smallest absolute Gasteiger partial charge is 0.233 e. The van der Waals surface area contributed by atoms with Crippen molar-refractivity contribution in [1.82, 2.24) is 9.88 Å². The van der Waals surface area contributed by atoms with E-state index in [1.807, 2.05) is 0 Å². The van der Waals surface area contributed by atoms with Gasteiger partial charge in [-0.2, -0.15) is 0 Å². The van der Waals surface area contributed by atoms with E-state index in [2.05, 4.69) is 30.9 Å². The molecule has 7 nitrogen and oxygen atoms in total. The van der Waals surface area contributed by atoms with Crippen molar-refractivity contribution < 1.29 is 17.9 Å². The van der Waals surface area contributed by atoms with Crippen LogP contribution < -0.4 is 4.90 Å². The largest absolute Gasteiger partial charge is 0.379 e. The van der Waals surface area contributed by atoms with Crippen molar-refractivity contribution >= 4 is 42.4 Å². The number of ether oxygens (including phenoxy) is 1. The lowest BCUT2D eigenvalue weighted by atomic mass is 10.1. The maximum absolute atomic E-state index is 13.5. The summed E-state index contributed by atoms with van der Waals surface area (Å²) in [5.74, 6) is -0.0380. The topological polar surface area (TPSA) is 79.8 Å². The van der Waals surface area contributed by atoms with E-state index in [1.54, 1.807) is 54.3 Å². The van der Waals surface area contributed by atoms with Gasteiger partial charge in [0.15, 0.2) is 15.0 Å². The number of rotatable bonds is 9. The van der Waals surface area contributed by atoms with Crippen LogP contribution in [0.15, 0.2) is 41.3 Å². The second-order valence-electron chi connectivity index (χ2n) is 9.67. The van der Waals surface area contributed by atoms with Crippen LogP contribution in [0.3, 0.4) is 0 Å². The summed E-state index contributed by atoms with van der Waals surface area (Å²) in [5.41, 5.74) is 4.08. The Bertz CT molecular complexity index is 1270. The molecule has 0 saturated carbocycles. The monoisotopic (exact) mass is 529 g/mol. The molecule has 0 radical (unpaired) electrons. The number of carbonyl (C=O) groups excluding carboxylic acids is 1. The zero-order valence-electron chi connectivity index (χ0n) is 21.5. The van der Waals surface area contributed by atoms with Crippen LogP contribution in [-0.4, -0.2) is 68.9 Å². The highest BCUT2D eigenvalue weighted by Gasteiger charge is 2.22. The van der Waals surface area contributed by atoms with E-state index in [9.17, 15) is 13.2 Å². The van der Waals surface area contributed by atoms with Gasteiger partial charge < -0.3 is 4.74 Å². The van der Waals surface area contributed by atoms with Crippen molar-refractivity contribution in [3.63, 3.8) is 0 Å². The minimum Gasteiger partial charge on any atom is -0.379 e. The number of fused-ring (bicyclic) bond motifs is 1. The van der Waals surface area contributed by atoms with Crippen LogP contribution in [0.2, 0.25) is 0 Å². The van der Waals surface area contributed by atoms with Gasteiger partial charge in [0.05, 0.1) is 40.0 Å². The number of nitrogens with zero attached hydrogens (tertiary/aromatic N) is 3. The van der Waals surface area contributed by atoms with Crippen molar-refractivity contribution in [1.29, 1.82) is 0 Å². The Morgan fingerprint density at radius 3 is 2.44 bits per heavy atom. The van der Waals surface area contributed by atoms with E-state index >= 15 is 0 Å². The van der Waals surface area contributed by atoms with Crippen LogP contribution in [-0.2, 0) is 25.8 Å². The number of thiazole rings is 1. The molecule has 0 bridgehead atoms. The molecule has 1 aromatic heterocycles. The van der Waals surface area contributed by atoms with Gasteiger partial charge in [0.25, 0.3) is 0 Å². The van der Waals surface area contributed by atoms with E-state index in [4.69, 9.17) is 9.72 Å². The number of hydrogen-bond acceptors (Lipinski definition) is 7. The van der Waals surface area contributed by atoms with E-state index in [1.165, 1.54) is 11.1 Å². The summed E-state index contributed by atoms with van der Waals surface area (Å²) >= 11 is 1.54. The second-order valence-corrected chi connectivity index (χ2v) is 13.2. The van der Waals surface area contributed by atoms with Gasteiger partial charge in [0, 0.05) is 26.2 Å². The first-order valence-corrected chi connectivity index (χ1v) is 14.8. The maximum Gasteiger partial charge on any atom is 0.233 e. The molecule has 194 valence electrons. The molecule has 0 aliphatic carbocycles. The highest BCUT2D eigenvalue weighted by atomic mass is 32.2. The van der Waals surface area contributed by atoms with Gasteiger partial charge in [0.2, 0.25) is 5.91 Å². The number of sulfone groups is 1. The van der Waals surface area contributed by atoms with Gasteiger partial charge in [-0.3, -0.25) is 14.6 Å². The van der Waals surface area contributed by atoms with Gasteiger partial charge in [-0.05, 0) is 75.1 Å². The molecule has 3 aromatic rings. The summed E-state index contributed by atoms with van der Waals surface area (Å²) in [6, 6.07) is 10.9. The molecule has 0 unspecified atom stereocenters. The van der Waals surface area contributed by atoms with E-state index in [-0.39, 0.29) is 17.2 Å². The summed E-state index contributed by atoms with van der Waals surface area (Å²) in [5, 5.41) is 0.222. The second kappa shape index (κ2) is 11.4.